The van der Waals surface area contributed by atoms with Gasteiger partial charge in [-0.15, -0.1) is 16.4 Å². The highest BCUT2D eigenvalue weighted by molar-refractivity contribution is 9.11. The number of halogens is 1. The number of hydrogen-bond acceptors (Lipinski definition) is 5. The summed E-state index contributed by atoms with van der Waals surface area (Å²) in [6.07, 6.45) is 0. The Morgan fingerprint density at radius 2 is 2.50 bits per heavy atom. The fourth-order valence-corrected chi connectivity index (χ4v) is 3.20. The number of thiophene rings is 1. The lowest BCUT2D eigenvalue weighted by Gasteiger charge is -1.94. The molecule has 7 heteroatoms. The molecule has 0 fully saturated rings. The van der Waals surface area contributed by atoms with Crippen LogP contribution < -0.4 is 5.73 Å². The van der Waals surface area contributed by atoms with E-state index in [2.05, 4.69) is 37.2 Å². The SMILES string of the molecule is Nc1nc(SCc2ccsc2Br)n[nH]1. The van der Waals surface area contributed by atoms with Crippen molar-refractivity contribution in [1.82, 2.24) is 15.2 Å². The van der Waals surface area contributed by atoms with Gasteiger partial charge in [0.25, 0.3) is 0 Å². The number of nitrogens with two attached hydrogens (primary N) is 1. The first kappa shape index (κ1) is 10.0. The van der Waals surface area contributed by atoms with Crippen molar-refractivity contribution in [2.75, 3.05) is 5.73 Å². The molecule has 0 amide bonds. The summed E-state index contributed by atoms with van der Waals surface area (Å²) in [5.41, 5.74) is 6.66. The van der Waals surface area contributed by atoms with Gasteiger partial charge in [-0.1, -0.05) is 11.8 Å². The largest absolute Gasteiger partial charge is 0.368 e. The van der Waals surface area contributed by atoms with Crippen molar-refractivity contribution in [2.45, 2.75) is 10.9 Å². The van der Waals surface area contributed by atoms with E-state index in [4.69, 9.17) is 5.73 Å². The molecule has 2 rings (SSSR count). The van der Waals surface area contributed by atoms with Gasteiger partial charge in [0, 0.05) is 5.75 Å². The molecule has 0 saturated heterocycles. The predicted octanol–water partition coefficient (Wildman–Crippen LogP) is 2.50. The van der Waals surface area contributed by atoms with Crippen LogP contribution in [0.5, 0.6) is 0 Å². The number of nitrogens with zero attached hydrogens (tertiary/aromatic N) is 2. The maximum Gasteiger partial charge on any atom is 0.216 e. The summed E-state index contributed by atoms with van der Waals surface area (Å²) in [7, 11) is 0. The van der Waals surface area contributed by atoms with Gasteiger partial charge in [-0.2, -0.15) is 4.98 Å². The molecule has 0 aliphatic carbocycles. The zero-order valence-corrected chi connectivity index (χ0v) is 10.2. The molecule has 3 N–H and O–H groups in total. The molecule has 2 aromatic rings. The summed E-state index contributed by atoms with van der Waals surface area (Å²) in [6, 6.07) is 2.08. The fourth-order valence-electron chi connectivity index (χ4n) is 0.887. The molecular weight excluding hydrogens is 284 g/mol. The summed E-state index contributed by atoms with van der Waals surface area (Å²) in [5, 5.41) is 9.26. The zero-order valence-electron chi connectivity index (χ0n) is 7.03. The predicted molar refractivity (Wildman–Crippen MR) is 62.4 cm³/mol. The van der Waals surface area contributed by atoms with Crippen molar-refractivity contribution in [3.63, 3.8) is 0 Å². The Hall–Kier alpha value is -0.530. The van der Waals surface area contributed by atoms with Crippen molar-refractivity contribution < 1.29 is 0 Å². The smallest absolute Gasteiger partial charge is 0.216 e. The van der Waals surface area contributed by atoms with E-state index in [1.165, 1.54) is 5.56 Å². The van der Waals surface area contributed by atoms with Crippen LogP contribution in [0.1, 0.15) is 5.56 Å². The molecule has 0 aliphatic rings. The molecule has 2 heterocycles. The quantitative estimate of drug-likeness (QED) is 0.853. The van der Waals surface area contributed by atoms with Crippen LogP contribution in [0, 0.1) is 0 Å². The summed E-state index contributed by atoms with van der Waals surface area (Å²) in [6.45, 7) is 0. The molecule has 0 atom stereocenters. The Balaban J connectivity index is 1.98. The standard InChI is InChI=1S/C7H7BrN4S2/c8-5-4(1-2-13-5)3-14-7-10-6(9)11-12-7/h1-2H,3H2,(H3,9,10,11,12). The number of rotatable bonds is 3. The number of nitrogens with one attached hydrogen (secondary N) is 1. The number of hydrogen-bond donors (Lipinski definition) is 2. The first-order chi connectivity index (χ1) is 6.75. The first-order valence-corrected chi connectivity index (χ1v) is 6.44. The molecule has 14 heavy (non-hydrogen) atoms. The van der Waals surface area contributed by atoms with Gasteiger partial charge < -0.3 is 5.73 Å². The maximum absolute atomic E-state index is 5.41. The Morgan fingerprint density at radius 3 is 3.07 bits per heavy atom. The second kappa shape index (κ2) is 4.33. The molecule has 0 aliphatic heterocycles. The van der Waals surface area contributed by atoms with Crippen LogP contribution in [-0.4, -0.2) is 15.2 Å². The van der Waals surface area contributed by atoms with Gasteiger partial charge in [-0.25, -0.2) is 5.10 Å². The van der Waals surface area contributed by atoms with Gasteiger partial charge in [-0.3, -0.25) is 0 Å². The maximum atomic E-state index is 5.41. The molecule has 74 valence electrons. The lowest BCUT2D eigenvalue weighted by atomic mass is 10.4. The number of H-pyrrole nitrogens is 1. The van der Waals surface area contributed by atoms with E-state index in [0.29, 0.717) is 11.1 Å². The van der Waals surface area contributed by atoms with E-state index < -0.39 is 0 Å². The third-order valence-electron chi connectivity index (χ3n) is 1.53. The number of anilines is 1. The average Bonchev–Trinajstić information content (AvgIpc) is 2.72. The van der Waals surface area contributed by atoms with Gasteiger partial charge in [0.1, 0.15) is 0 Å². The van der Waals surface area contributed by atoms with E-state index in [-0.39, 0.29) is 0 Å². The van der Waals surface area contributed by atoms with Crippen LogP contribution in [0.3, 0.4) is 0 Å². The van der Waals surface area contributed by atoms with Crippen LogP contribution in [0.25, 0.3) is 0 Å². The minimum absolute atomic E-state index is 0.358. The summed E-state index contributed by atoms with van der Waals surface area (Å²) in [4.78, 5) is 4.00. The summed E-state index contributed by atoms with van der Waals surface area (Å²) in [5.74, 6) is 1.21. The van der Waals surface area contributed by atoms with Gasteiger partial charge in [0.15, 0.2) is 0 Å². The second-order valence-corrected chi connectivity index (χ2v) is 5.69. The molecular formula is C7H7BrN4S2. The number of aromatic amines is 1. The highest BCUT2D eigenvalue weighted by Gasteiger charge is 2.05. The van der Waals surface area contributed by atoms with Crippen molar-refractivity contribution in [2.24, 2.45) is 0 Å². The van der Waals surface area contributed by atoms with Crippen molar-refractivity contribution in [1.29, 1.82) is 0 Å². The van der Waals surface area contributed by atoms with Crippen LogP contribution >= 0.6 is 39.0 Å². The second-order valence-electron chi connectivity index (χ2n) is 2.51. The monoisotopic (exact) mass is 290 g/mol. The molecule has 0 aromatic carbocycles. The third kappa shape index (κ3) is 2.28. The number of thioether (sulfide) groups is 1. The molecule has 0 spiro atoms. The van der Waals surface area contributed by atoms with Gasteiger partial charge >= 0.3 is 0 Å². The van der Waals surface area contributed by atoms with Gasteiger partial charge in [-0.05, 0) is 32.9 Å². The van der Waals surface area contributed by atoms with E-state index >= 15 is 0 Å². The Morgan fingerprint density at radius 1 is 1.64 bits per heavy atom. The highest BCUT2D eigenvalue weighted by atomic mass is 79.9. The summed E-state index contributed by atoms with van der Waals surface area (Å²) >= 11 is 6.71. The van der Waals surface area contributed by atoms with Gasteiger partial charge in [0.2, 0.25) is 11.1 Å². The minimum atomic E-state index is 0.358. The molecule has 0 radical (unpaired) electrons. The van der Waals surface area contributed by atoms with Crippen LogP contribution in [0.15, 0.2) is 20.4 Å². The Bertz CT molecular complexity index is 425. The third-order valence-corrected chi connectivity index (χ3v) is 4.24. The van der Waals surface area contributed by atoms with E-state index in [9.17, 15) is 0 Å². The zero-order chi connectivity index (χ0) is 9.97. The molecule has 0 bridgehead atoms. The lowest BCUT2D eigenvalue weighted by molar-refractivity contribution is 0.973. The average molecular weight is 291 g/mol. The van der Waals surface area contributed by atoms with E-state index in [1.54, 1.807) is 23.1 Å². The number of nitrogen functional groups attached to an aromatic ring is 1. The highest BCUT2D eigenvalue weighted by Crippen LogP contribution is 2.28. The van der Waals surface area contributed by atoms with Crippen molar-refractivity contribution in [3.05, 3.63) is 20.8 Å². The van der Waals surface area contributed by atoms with Crippen LogP contribution in [-0.2, 0) is 5.75 Å². The topological polar surface area (TPSA) is 67.6 Å². The van der Waals surface area contributed by atoms with Crippen molar-refractivity contribution >= 4 is 45.0 Å². The minimum Gasteiger partial charge on any atom is -0.368 e. The number of aromatic nitrogens is 3. The van der Waals surface area contributed by atoms with E-state index in [0.717, 1.165) is 9.54 Å². The van der Waals surface area contributed by atoms with Crippen LogP contribution in [0.4, 0.5) is 5.95 Å². The Labute approximate surface area is 97.4 Å². The normalized spacial score (nSPS) is 10.6. The van der Waals surface area contributed by atoms with Crippen LogP contribution in [0.2, 0.25) is 0 Å². The van der Waals surface area contributed by atoms with Gasteiger partial charge in [0.05, 0.1) is 3.79 Å². The Kier molecular flexibility index (Phi) is 3.09. The first-order valence-electron chi connectivity index (χ1n) is 3.78. The summed E-state index contributed by atoms with van der Waals surface area (Å²) < 4.78 is 1.16. The molecule has 4 nitrogen and oxygen atoms in total. The van der Waals surface area contributed by atoms with E-state index in [1.807, 2.05) is 5.38 Å². The fraction of sp³-hybridized carbons (Fsp3) is 0.143. The molecule has 0 saturated carbocycles. The lowest BCUT2D eigenvalue weighted by Crippen LogP contribution is -1.85. The van der Waals surface area contributed by atoms with Crippen molar-refractivity contribution in [3.8, 4) is 0 Å². The molecule has 2 aromatic heterocycles. The molecule has 0 unspecified atom stereocenters.